The average molecular weight is 281 g/mol. The van der Waals surface area contributed by atoms with Gasteiger partial charge in [0.15, 0.2) is 0 Å². The van der Waals surface area contributed by atoms with Crippen molar-refractivity contribution in [1.29, 1.82) is 0 Å². The van der Waals surface area contributed by atoms with E-state index in [1.807, 2.05) is 11.8 Å². The molecule has 1 heterocycles. The Morgan fingerprint density at radius 1 is 1.24 bits per heavy atom. The van der Waals surface area contributed by atoms with Crippen LogP contribution in [0.4, 0.5) is 0 Å². The molecule has 1 saturated heterocycles. The second kappa shape index (κ2) is 8.31. The Bertz CT molecular complexity index is 290. The van der Waals surface area contributed by atoms with Crippen molar-refractivity contribution in [2.24, 2.45) is 5.73 Å². The van der Waals surface area contributed by atoms with E-state index in [-0.39, 0.29) is 5.75 Å². The molecule has 0 aromatic carbocycles. The first-order valence-electron chi connectivity index (χ1n) is 6.11. The number of hydrogen-bond donors (Lipinski definition) is 2. The Morgan fingerprint density at radius 2 is 1.94 bits per heavy atom. The lowest BCUT2D eigenvalue weighted by molar-refractivity contribution is 0.307. The third-order valence-corrected chi connectivity index (χ3v) is 5.13. The quantitative estimate of drug-likeness (QED) is 0.597. The number of hydrogen-bond acceptors (Lipinski definition) is 5. The van der Waals surface area contributed by atoms with E-state index < -0.39 is 10.0 Å². The molecule has 0 saturated carbocycles. The predicted octanol–water partition coefficient (Wildman–Crippen LogP) is -0.306. The smallest absolute Gasteiger partial charge is 0.211 e. The number of nitrogens with two attached hydrogens (primary N) is 1. The topological polar surface area (TPSA) is 75.4 Å². The molecule has 17 heavy (non-hydrogen) atoms. The highest BCUT2D eigenvalue weighted by atomic mass is 32.2. The molecule has 0 bridgehead atoms. The maximum Gasteiger partial charge on any atom is 0.211 e. The third kappa shape index (κ3) is 7.25. The van der Waals surface area contributed by atoms with E-state index in [0.717, 1.165) is 37.6 Å². The van der Waals surface area contributed by atoms with Crippen molar-refractivity contribution in [1.82, 2.24) is 9.62 Å². The minimum Gasteiger partial charge on any atom is -0.330 e. The van der Waals surface area contributed by atoms with Crippen molar-refractivity contribution in [2.45, 2.75) is 12.8 Å². The standard InChI is InChI=1S/C10H23N3O2S2/c11-3-1-2-10-17(14,15)12-4-5-13-6-8-16-9-7-13/h12H,1-11H2. The van der Waals surface area contributed by atoms with Gasteiger partial charge in [-0.25, -0.2) is 13.1 Å². The highest BCUT2D eigenvalue weighted by Gasteiger charge is 2.12. The van der Waals surface area contributed by atoms with E-state index >= 15 is 0 Å². The molecule has 102 valence electrons. The SMILES string of the molecule is NCCCCS(=O)(=O)NCCN1CCSCC1. The summed E-state index contributed by atoms with van der Waals surface area (Å²) in [5.74, 6) is 2.51. The molecular weight excluding hydrogens is 258 g/mol. The van der Waals surface area contributed by atoms with Crippen LogP contribution in [0.5, 0.6) is 0 Å². The maximum absolute atomic E-state index is 11.6. The molecule has 0 aromatic rings. The highest BCUT2D eigenvalue weighted by molar-refractivity contribution is 7.99. The fourth-order valence-corrected chi connectivity index (χ4v) is 3.80. The van der Waals surface area contributed by atoms with E-state index in [4.69, 9.17) is 5.73 Å². The van der Waals surface area contributed by atoms with Crippen LogP contribution >= 0.6 is 11.8 Å². The van der Waals surface area contributed by atoms with Gasteiger partial charge in [0.1, 0.15) is 0 Å². The molecule has 0 spiro atoms. The summed E-state index contributed by atoms with van der Waals surface area (Å²) in [6.07, 6.45) is 1.41. The summed E-state index contributed by atoms with van der Waals surface area (Å²) in [6, 6.07) is 0. The van der Waals surface area contributed by atoms with Gasteiger partial charge in [-0.1, -0.05) is 0 Å². The van der Waals surface area contributed by atoms with Crippen LogP contribution in [-0.2, 0) is 10.0 Å². The first-order chi connectivity index (χ1) is 8.14. The summed E-state index contributed by atoms with van der Waals surface area (Å²) in [6.45, 7) is 4.03. The second-order valence-electron chi connectivity index (χ2n) is 4.16. The average Bonchev–Trinajstić information content (AvgIpc) is 2.30. The number of nitrogens with zero attached hydrogens (tertiary/aromatic N) is 1. The first-order valence-corrected chi connectivity index (χ1v) is 8.92. The summed E-state index contributed by atoms with van der Waals surface area (Å²) in [4.78, 5) is 2.30. The molecule has 0 aliphatic carbocycles. The minimum atomic E-state index is -3.09. The first kappa shape index (κ1) is 15.2. The molecule has 0 amide bonds. The molecule has 1 rings (SSSR count). The van der Waals surface area contributed by atoms with Crippen LogP contribution in [0.25, 0.3) is 0 Å². The molecule has 1 aliphatic rings. The highest BCUT2D eigenvalue weighted by Crippen LogP contribution is 2.07. The molecule has 5 nitrogen and oxygen atoms in total. The van der Waals surface area contributed by atoms with Gasteiger partial charge in [0.25, 0.3) is 0 Å². The fraction of sp³-hybridized carbons (Fsp3) is 1.00. The van der Waals surface area contributed by atoms with E-state index in [0.29, 0.717) is 19.5 Å². The predicted molar refractivity (Wildman–Crippen MR) is 73.8 cm³/mol. The lowest BCUT2D eigenvalue weighted by Gasteiger charge is -2.25. The van der Waals surface area contributed by atoms with Crippen LogP contribution in [0, 0.1) is 0 Å². The summed E-state index contributed by atoms with van der Waals surface area (Å²) < 4.78 is 25.8. The van der Waals surface area contributed by atoms with Gasteiger partial charge in [-0.2, -0.15) is 11.8 Å². The number of nitrogens with one attached hydrogen (secondary N) is 1. The number of rotatable bonds is 8. The van der Waals surface area contributed by atoms with Gasteiger partial charge < -0.3 is 10.6 Å². The molecule has 1 aliphatic heterocycles. The van der Waals surface area contributed by atoms with Crippen molar-refractivity contribution in [3.63, 3.8) is 0 Å². The van der Waals surface area contributed by atoms with Crippen LogP contribution in [0.2, 0.25) is 0 Å². The zero-order valence-electron chi connectivity index (χ0n) is 10.2. The Kier molecular flexibility index (Phi) is 7.45. The largest absolute Gasteiger partial charge is 0.330 e. The molecule has 7 heteroatoms. The van der Waals surface area contributed by atoms with Crippen molar-refractivity contribution >= 4 is 21.8 Å². The normalized spacial score (nSPS) is 18.4. The summed E-state index contributed by atoms with van der Waals surface area (Å²) in [7, 11) is -3.09. The van der Waals surface area contributed by atoms with E-state index in [2.05, 4.69) is 9.62 Å². The Labute approximate surface area is 109 Å². The number of sulfonamides is 1. The van der Waals surface area contributed by atoms with E-state index in [1.54, 1.807) is 0 Å². The minimum absolute atomic E-state index is 0.194. The summed E-state index contributed by atoms with van der Waals surface area (Å²) >= 11 is 1.96. The van der Waals surface area contributed by atoms with Gasteiger partial charge >= 0.3 is 0 Å². The second-order valence-corrected chi connectivity index (χ2v) is 7.31. The third-order valence-electron chi connectivity index (χ3n) is 2.72. The molecule has 0 unspecified atom stereocenters. The fourth-order valence-electron chi connectivity index (χ4n) is 1.69. The monoisotopic (exact) mass is 281 g/mol. The van der Waals surface area contributed by atoms with Gasteiger partial charge in [0.05, 0.1) is 5.75 Å². The van der Waals surface area contributed by atoms with Crippen LogP contribution in [0.15, 0.2) is 0 Å². The Balaban J connectivity index is 2.11. The lowest BCUT2D eigenvalue weighted by Crippen LogP contribution is -2.39. The molecule has 3 N–H and O–H groups in total. The molecule has 1 fully saturated rings. The Morgan fingerprint density at radius 3 is 2.59 bits per heavy atom. The van der Waals surface area contributed by atoms with Gasteiger partial charge in [-0.15, -0.1) is 0 Å². The van der Waals surface area contributed by atoms with Crippen molar-refractivity contribution in [3.05, 3.63) is 0 Å². The van der Waals surface area contributed by atoms with Gasteiger partial charge in [0, 0.05) is 37.7 Å². The van der Waals surface area contributed by atoms with E-state index in [9.17, 15) is 8.42 Å². The van der Waals surface area contributed by atoms with Gasteiger partial charge in [-0.3, -0.25) is 0 Å². The van der Waals surface area contributed by atoms with Crippen LogP contribution in [0.3, 0.4) is 0 Å². The van der Waals surface area contributed by atoms with Crippen molar-refractivity contribution in [2.75, 3.05) is 50.0 Å². The van der Waals surface area contributed by atoms with Crippen molar-refractivity contribution in [3.8, 4) is 0 Å². The number of thioether (sulfide) groups is 1. The van der Waals surface area contributed by atoms with E-state index in [1.165, 1.54) is 0 Å². The van der Waals surface area contributed by atoms with Crippen LogP contribution in [-0.4, -0.2) is 63.3 Å². The van der Waals surface area contributed by atoms with Crippen LogP contribution in [0.1, 0.15) is 12.8 Å². The van der Waals surface area contributed by atoms with Crippen LogP contribution < -0.4 is 10.5 Å². The van der Waals surface area contributed by atoms with Gasteiger partial charge in [-0.05, 0) is 19.4 Å². The zero-order valence-corrected chi connectivity index (χ0v) is 11.9. The molecular formula is C10H23N3O2S2. The van der Waals surface area contributed by atoms with Gasteiger partial charge in [0.2, 0.25) is 10.0 Å². The lowest BCUT2D eigenvalue weighted by atomic mass is 10.3. The summed E-state index contributed by atoms with van der Waals surface area (Å²) in [5.41, 5.74) is 5.33. The molecule has 0 aromatic heterocycles. The Hall–Kier alpha value is 0.180. The maximum atomic E-state index is 11.6. The summed E-state index contributed by atoms with van der Waals surface area (Å²) in [5, 5.41) is 0. The molecule has 0 radical (unpaired) electrons. The molecule has 0 atom stereocenters. The van der Waals surface area contributed by atoms with Crippen molar-refractivity contribution < 1.29 is 8.42 Å². The number of unbranched alkanes of at least 4 members (excludes halogenated alkanes) is 1. The zero-order chi connectivity index (χ0) is 12.6.